The van der Waals surface area contributed by atoms with E-state index >= 15 is 0 Å². The fraction of sp³-hybridized carbons (Fsp3) is 0.304. The van der Waals surface area contributed by atoms with Gasteiger partial charge in [-0.25, -0.2) is 0 Å². The number of ether oxygens (including phenoxy) is 1. The van der Waals surface area contributed by atoms with Crippen LogP contribution in [0.5, 0.6) is 0 Å². The number of rotatable bonds is 9. The standard InChI is InChI=1S/C23H26N2O3/c1-3-28-16-10-15-25-22(26)20(19-13-8-5-9-14-19)21(23(25)27)24(2)17-18-11-6-4-7-12-18/h4-9,11-14H,3,10,15-17H2,1-2H3. The summed E-state index contributed by atoms with van der Waals surface area (Å²) in [5, 5.41) is 0. The summed E-state index contributed by atoms with van der Waals surface area (Å²) in [6.45, 7) is 4.00. The molecule has 5 nitrogen and oxygen atoms in total. The molecule has 2 aromatic carbocycles. The molecule has 28 heavy (non-hydrogen) atoms. The lowest BCUT2D eigenvalue weighted by molar-refractivity contribution is -0.137. The molecule has 3 rings (SSSR count). The van der Waals surface area contributed by atoms with Crippen molar-refractivity contribution in [2.45, 2.75) is 19.9 Å². The second-order valence-corrected chi connectivity index (χ2v) is 6.74. The van der Waals surface area contributed by atoms with Gasteiger partial charge in [-0.2, -0.15) is 0 Å². The molecule has 0 saturated heterocycles. The van der Waals surface area contributed by atoms with E-state index in [1.54, 1.807) is 0 Å². The summed E-state index contributed by atoms with van der Waals surface area (Å²) in [5.41, 5.74) is 2.78. The van der Waals surface area contributed by atoms with Gasteiger partial charge in [-0.15, -0.1) is 0 Å². The maximum Gasteiger partial charge on any atom is 0.277 e. The number of carbonyl (C=O) groups is 2. The minimum atomic E-state index is -0.237. The van der Waals surface area contributed by atoms with Crippen molar-refractivity contribution in [3.8, 4) is 0 Å². The highest BCUT2D eigenvalue weighted by Crippen LogP contribution is 2.31. The summed E-state index contributed by atoms with van der Waals surface area (Å²) in [5.74, 6) is -0.471. The first-order valence-corrected chi connectivity index (χ1v) is 9.62. The molecule has 2 aromatic rings. The number of hydrogen-bond acceptors (Lipinski definition) is 4. The van der Waals surface area contributed by atoms with E-state index in [1.165, 1.54) is 4.90 Å². The van der Waals surface area contributed by atoms with Gasteiger partial charge in [-0.1, -0.05) is 60.7 Å². The molecule has 1 aliphatic rings. The lowest BCUT2D eigenvalue weighted by atomic mass is 10.0. The van der Waals surface area contributed by atoms with E-state index in [-0.39, 0.29) is 11.8 Å². The molecule has 2 amide bonds. The Morgan fingerprint density at radius 1 is 0.929 bits per heavy atom. The molecule has 5 heteroatoms. The summed E-state index contributed by atoms with van der Waals surface area (Å²) in [6.07, 6.45) is 0.628. The van der Waals surface area contributed by atoms with Crippen molar-refractivity contribution in [3.05, 3.63) is 77.5 Å². The van der Waals surface area contributed by atoms with Crippen molar-refractivity contribution in [1.82, 2.24) is 9.80 Å². The highest BCUT2D eigenvalue weighted by Gasteiger charge is 2.40. The van der Waals surface area contributed by atoms with Gasteiger partial charge in [0.15, 0.2) is 0 Å². The van der Waals surface area contributed by atoms with Crippen LogP contribution in [0.25, 0.3) is 5.57 Å². The zero-order valence-electron chi connectivity index (χ0n) is 16.4. The predicted molar refractivity (Wildman–Crippen MR) is 109 cm³/mol. The van der Waals surface area contributed by atoms with Gasteiger partial charge < -0.3 is 9.64 Å². The molecule has 0 aliphatic carbocycles. The monoisotopic (exact) mass is 378 g/mol. The minimum Gasteiger partial charge on any atom is -0.382 e. The summed E-state index contributed by atoms with van der Waals surface area (Å²) in [4.78, 5) is 29.5. The maximum absolute atomic E-state index is 13.2. The topological polar surface area (TPSA) is 49.9 Å². The second kappa shape index (κ2) is 9.33. The van der Waals surface area contributed by atoms with Gasteiger partial charge >= 0.3 is 0 Å². The Bertz CT molecular complexity index is 847. The first kappa shape index (κ1) is 19.8. The molecule has 0 unspecified atom stereocenters. The fourth-order valence-electron chi connectivity index (χ4n) is 3.39. The zero-order valence-corrected chi connectivity index (χ0v) is 16.4. The van der Waals surface area contributed by atoms with Gasteiger partial charge in [-0.3, -0.25) is 14.5 Å². The third-order valence-electron chi connectivity index (χ3n) is 4.72. The number of nitrogens with zero attached hydrogens (tertiary/aromatic N) is 2. The molecular weight excluding hydrogens is 352 g/mol. The van der Waals surface area contributed by atoms with Crippen LogP contribution >= 0.6 is 0 Å². The van der Waals surface area contributed by atoms with Crippen molar-refractivity contribution < 1.29 is 14.3 Å². The summed E-state index contributed by atoms with van der Waals surface area (Å²) in [6, 6.07) is 19.3. The number of benzene rings is 2. The molecule has 146 valence electrons. The van der Waals surface area contributed by atoms with E-state index in [4.69, 9.17) is 4.74 Å². The van der Waals surface area contributed by atoms with E-state index < -0.39 is 0 Å². The van der Waals surface area contributed by atoms with Crippen LogP contribution in [0, 0.1) is 0 Å². The summed E-state index contributed by atoms with van der Waals surface area (Å²) in [7, 11) is 1.86. The van der Waals surface area contributed by atoms with Crippen molar-refractivity contribution in [1.29, 1.82) is 0 Å². The van der Waals surface area contributed by atoms with Crippen LogP contribution in [0.1, 0.15) is 24.5 Å². The zero-order chi connectivity index (χ0) is 19.9. The molecule has 0 atom stereocenters. The van der Waals surface area contributed by atoms with Crippen molar-refractivity contribution >= 4 is 17.4 Å². The molecule has 0 saturated carbocycles. The SMILES string of the molecule is CCOCCCN1C(=O)C(c2ccccc2)=C(N(C)Cc2ccccc2)C1=O. The van der Waals surface area contributed by atoms with Crippen LogP contribution in [0.15, 0.2) is 66.4 Å². The van der Waals surface area contributed by atoms with Gasteiger partial charge in [0.2, 0.25) is 0 Å². The lowest BCUT2D eigenvalue weighted by Gasteiger charge is -2.21. The van der Waals surface area contributed by atoms with Crippen LogP contribution in [0.2, 0.25) is 0 Å². The van der Waals surface area contributed by atoms with Crippen molar-refractivity contribution in [3.63, 3.8) is 0 Å². The van der Waals surface area contributed by atoms with Crippen molar-refractivity contribution in [2.75, 3.05) is 26.8 Å². The van der Waals surface area contributed by atoms with Crippen LogP contribution < -0.4 is 0 Å². The van der Waals surface area contributed by atoms with E-state index in [0.717, 1.165) is 11.1 Å². The number of carbonyl (C=O) groups excluding carboxylic acids is 2. The maximum atomic E-state index is 13.2. The molecule has 0 fully saturated rings. The van der Waals surface area contributed by atoms with Gasteiger partial charge in [0.1, 0.15) is 5.70 Å². The van der Waals surface area contributed by atoms with Crippen LogP contribution in [-0.4, -0.2) is 48.4 Å². The van der Waals surface area contributed by atoms with Gasteiger partial charge in [-0.05, 0) is 24.5 Å². The normalized spacial score (nSPS) is 14.1. The summed E-state index contributed by atoms with van der Waals surface area (Å²) >= 11 is 0. The molecule has 0 radical (unpaired) electrons. The third kappa shape index (κ3) is 4.31. The molecule has 1 aliphatic heterocycles. The Balaban J connectivity index is 1.89. The van der Waals surface area contributed by atoms with Gasteiger partial charge in [0.05, 0.1) is 5.57 Å². The number of amides is 2. The highest BCUT2D eigenvalue weighted by atomic mass is 16.5. The molecule has 0 spiro atoms. The second-order valence-electron chi connectivity index (χ2n) is 6.74. The average Bonchev–Trinajstić information content (AvgIpc) is 2.97. The lowest BCUT2D eigenvalue weighted by Crippen LogP contribution is -2.35. The van der Waals surface area contributed by atoms with Crippen LogP contribution in [-0.2, 0) is 20.9 Å². The molecule has 1 heterocycles. The minimum absolute atomic E-state index is 0.234. The largest absolute Gasteiger partial charge is 0.382 e. The first-order valence-electron chi connectivity index (χ1n) is 9.62. The fourth-order valence-corrected chi connectivity index (χ4v) is 3.39. The Labute approximate surface area is 166 Å². The van der Waals surface area contributed by atoms with E-state index in [2.05, 4.69) is 0 Å². The van der Waals surface area contributed by atoms with Crippen LogP contribution in [0.3, 0.4) is 0 Å². The Hall–Kier alpha value is -2.92. The smallest absolute Gasteiger partial charge is 0.277 e. The Morgan fingerprint density at radius 2 is 1.57 bits per heavy atom. The Kier molecular flexibility index (Phi) is 6.61. The van der Waals surface area contributed by atoms with E-state index in [9.17, 15) is 9.59 Å². The average molecular weight is 378 g/mol. The van der Waals surface area contributed by atoms with Crippen molar-refractivity contribution in [2.24, 2.45) is 0 Å². The van der Waals surface area contributed by atoms with Gasteiger partial charge in [0, 0.05) is 33.4 Å². The van der Waals surface area contributed by atoms with E-state index in [1.807, 2.05) is 79.5 Å². The number of hydrogen-bond donors (Lipinski definition) is 0. The third-order valence-corrected chi connectivity index (χ3v) is 4.72. The van der Waals surface area contributed by atoms with E-state index in [0.29, 0.717) is 44.0 Å². The number of imide groups is 1. The first-order chi connectivity index (χ1) is 13.6. The molecule has 0 N–H and O–H groups in total. The summed E-state index contributed by atoms with van der Waals surface area (Å²) < 4.78 is 5.36. The Morgan fingerprint density at radius 3 is 2.21 bits per heavy atom. The number of likely N-dealkylation sites (N-methyl/N-ethyl adjacent to an activating group) is 1. The predicted octanol–water partition coefficient (Wildman–Crippen LogP) is 3.33. The molecule has 0 aromatic heterocycles. The molecule has 0 bridgehead atoms. The highest BCUT2D eigenvalue weighted by molar-refractivity contribution is 6.35. The van der Waals surface area contributed by atoms with Gasteiger partial charge in [0.25, 0.3) is 11.8 Å². The van der Waals surface area contributed by atoms with Crippen LogP contribution in [0.4, 0.5) is 0 Å². The molecular formula is C23H26N2O3. The quantitative estimate of drug-likeness (QED) is 0.496.